The Balaban J connectivity index is 2.46. The normalized spacial score (nSPS) is 13.2. The first kappa shape index (κ1) is 21.8. The summed E-state index contributed by atoms with van der Waals surface area (Å²) < 4.78 is 51.9. The minimum absolute atomic E-state index is 0.0914. The molecule has 1 atom stereocenters. The van der Waals surface area contributed by atoms with E-state index in [0.29, 0.717) is 17.9 Å². The van der Waals surface area contributed by atoms with Crippen LogP contribution in [0.3, 0.4) is 0 Å². The van der Waals surface area contributed by atoms with Gasteiger partial charge in [-0.25, -0.2) is 4.98 Å². The summed E-state index contributed by atoms with van der Waals surface area (Å²) in [4.78, 5) is 9.12. The minimum Gasteiger partial charge on any atom is -0.488 e. The maximum atomic E-state index is 13.5. The summed E-state index contributed by atoms with van der Waals surface area (Å²) in [6.45, 7) is 9.40. The summed E-state index contributed by atoms with van der Waals surface area (Å²) in [5.41, 5.74) is -0.866. The Morgan fingerprint density at radius 3 is 2.43 bits per heavy atom. The minimum atomic E-state index is -4.60. The first-order chi connectivity index (χ1) is 12.9. The van der Waals surface area contributed by atoms with E-state index in [1.54, 1.807) is 31.2 Å². The molecule has 2 aromatic rings. The van der Waals surface area contributed by atoms with Crippen LogP contribution in [0.4, 0.5) is 24.7 Å². The third-order valence-corrected chi connectivity index (χ3v) is 3.88. The molecule has 0 spiro atoms. The summed E-state index contributed by atoms with van der Waals surface area (Å²) in [5.74, 6) is 0.268. The van der Waals surface area contributed by atoms with Crippen molar-refractivity contribution < 1.29 is 22.6 Å². The summed E-state index contributed by atoms with van der Waals surface area (Å²) in [7, 11) is 1.51. The lowest BCUT2D eigenvalue weighted by Gasteiger charge is -2.25. The molecule has 0 bridgehead atoms. The van der Waals surface area contributed by atoms with Crippen molar-refractivity contribution in [1.82, 2.24) is 9.97 Å². The number of benzene rings is 1. The van der Waals surface area contributed by atoms with E-state index in [9.17, 15) is 13.2 Å². The van der Waals surface area contributed by atoms with Gasteiger partial charge in [0.25, 0.3) is 0 Å². The van der Waals surface area contributed by atoms with E-state index in [2.05, 4.69) is 9.97 Å². The molecular formula is C20H26F3N3O2. The molecule has 1 aromatic heterocycles. The van der Waals surface area contributed by atoms with Crippen molar-refractivity contribution >= 4 is 11.5 Å². The first-order valence-electron chi connectivity index (χ1n) is 9.04. The number of nitrogens with zero attached hydrogens (tertiary/aromatic N) is 3. The van der Waals surface area contributed by atoms with Crippen LogP contribution in [0.5, 0.6) is 11.8 Å². The quantitative estimate of drug-likeness (QED) is 0.633. The molecule has 1 heterocycles. The average molecular weight is 397 g/mol. The van der Waals surface area contributed by atoms with Gasteiger partial charge in [0, 0.05) is 25.0 Å². The predicted octanol–water partition coefficient (Wildman–Crippen LogP) is 5.62. The third-order valence-electron chi connectivity index (χ3n) is 3.88. The molecule has 0 radical (unpaired) electrons. The molecule has 0 aliphatic heterocycles. The smallest absolute Gasteiger partial charge is 0.421 e. The van der Waals surface area contributed by atoms with Crippen LogP contribution in [0.15, 0.2) is 30.5 Å². The van der Waals surface area contributed by atoms with Crippen LogP contribution < -0.4 is 14.4 Å². The molecule has 154 valence electrons. The Morgan fingerprint density at radius 2 is 1.86 bits per heavy atom. The van der Waals surface area contributed by atoms with Crippen LogP contribution in [0.2, 0.25) is 0 Å². The number of anilines is 2. The second-order valence-corrected chi connectivity index (χ2v) is 7.50. The van der Waals surface area contributed by atoms with Gasteiger partial charge in [0.15, 0.2) is 5.82 Å². The fourth-order valence-electron chi connectivity index (χ4n) is 2.36. The fourth-order valence-corrected chi connectivity index (χ4v) is 2.36. The van der Waals surface area contributed by atoms with Crippen molar-refractivity contribution in [3.8, 4) is 11.8 Å². The van der Waals surface area contributed by atoms with Crippen molar-refractivity contribution in [2.75, 3.05) is 11.9 Å². The van der Waals surface area contributed by atoms with Gasteiger partial charge in [0.1, 0.15) is 16.9 Å². The molecule has 0 amide bonds. The molecule has 0 saturated carbocycles. The van der Waals surface area contributed by atoms with Gasteiger partial charge in [0.05, 0.1) is 6.10 Å². The van der Waals surface area contributed by atoms with Crippen molar-refractivity contribution in [3.63, 3.8) is 0 Å². The highest BCUT2D eigenvalue weighted by Crippen LogP contribution is 2.38. The summed E-state index contributed by atoms with van der Waals surface area (Å²) >= 11 is 0. The van der Waals surface area contributed by atoms with Crippen molar-refractivity contribution in [1.29, 1.82) is 0 Å². The zero-order valence-electron chi connectivity index (χ0n) is 17.0. The first-order valence-corrected chi connectivity index (χ1v) is 9.04. The van der Waals surface area contributed by atoms with E-state index < -0.39 is 17.3 Å². The molecule has 1 aromatic carbocycles. The van der Waals surface area contributed by atoms with E-state index in [1.807, 2.05) is 27.7 Å². The van der Waals surface area contributed by atoms with Crippen LogP contribution >= 0.6 is 0 Å². The molecule has 0 aliphatic rings. The van der Waals surface area contributed by atoms with Crippen molar-refractivity contribution in [2.45, 2.75) is 58.9 Å². The standard InChI is InChI=1S/C20H26F3N3O2/c1-7-13(2)27-18-24-12-16(20(21,22)23)17(25-18)26(6)14-9-8-10-15(11-14)28-19(3,4)5/h8-13H,7H2,1-6H3. The van der Waals surface area contributed by atoms with Crippen LogP contribution in [-0.4, -0.2) is 28.7 Å². The summed E-state index contributed by atoms with van der Waals surface area (Å²) in [6.07, 6.45) is -3.37. The summed E-state index contributed by atoms with van der Waals surface area (Å²) in [5, 5.41) is 0. The Labute approximate surface area is 163 Å². The Bertz CT molecular complexity index is 804. The maximum Gasteiger partial charge on any atom is 0.421 e. The van der Waals surface area contributed by atoms with Crippen molar-refractivity contribution in [2.24, 2.45) is 0 Å². The lowest BCUT2D eigenvalue weighted by molar-refractivity contribution is -0.137. The third kappa shape index (κ3) is 5.74. The van der Waals surface area contributed by atoms with Gasteiger partial charge < -0.3 is 14.4 Å². The van der Waals surface area contributed by atoms with E-state index in [-0.39, 0.29) is 17.9 Å². The molecule has 0 saturated heterocycles. The predicted molar refractivity (Wildman–Crippen MR) is 102 cm³/mol. The molecule has 0 N–H and O–H groups in total. The number of rotatable bonds is 6. The highest BCUT2D eigenvalue weighted by atomic mass is 19.4. The number of aromatic nitrogens is 2. The van der Waals surface area contributed by atoms with E-state index in [0.717, 1.165) is 6.20 Å². The average Bonchev–Trinajstić information content (AvgIpc) is 2.58. The maximum absolute atomic E-state index is 13.5. The Hall–Kier alpha value is -2.51. The molecule has 5 nitrogen and oxygen atoms in total. The number of ether oxygens (including phenoxy) is 2. The SMILES string of the molecule is CCC(C)Oc1ncc(C(F)(F)F)c(N(C)c2cccc(OC(C)(C)C)c2)n1. The van der Waals surface area contributed by atoms with Gasteiger partial charge in [-0.3, -0.25) is 0 Å². The molecule has 28 heavy (non-hydrogen) atoms. The number of hydrogen-bond acceptors (Lipinski definition) is 5. The van der Waals surface area contributed by atoms with E-state index in [4.69, 9.17) is 9.47 Å². The van der Waals surface area contributed by atoms with Crippen LogP contribution in [0.25, 0.3) is 0 Å². The second-order valence-electron chi connectivity index (χ2n) is 7.50. The number of halogens is 3. The van der Waals surface area contributed by atoms with Gasteiger partial charge in [0.2, 0.25) is 0 Å². The van der Waals surface area contributed by atoms with Gasteiger partial charge in [-0.05, 0) is 46.2 Å². The van der Waals surface area contributed by atoms with Gasteiger partial charge in [-0.2, -0.15) is 18.2 Å². The molecule has 2 rings (SSSR count). The van der Waals surface area contributed by atoms with E-state index in [1.165, 1.54) is 11.9 Å². The largest absolute Gasteiger partial charge is 0.488 e. The molecule has 0 fully saturated rings. The van der Waals surface area contributed by atoms with Crippen LogP contribution in [-0.2, 0) is 6.18 Å². The second kappa shape index (κ2) is 8.24. The highest BCUT2D eigenvalue weighted by molar-refractivity contribution is 5.64. The van der Waals surface area contributed by atoms with Gasteiger partial charge >= 0.3 is 12.2 Å². The van der Waals surface area contributed by atoms with E-state index >= 15 is 0 Å². The lowest BCUT2D eigenvalue weighted by atomic mass is 10.2. The van der Waals surface area contributed by atoms with Crippen molar-refractivity contribution in [3.05, 3.63) is 36.0 Å². The number of hydrogen-bond donors (Lipinski definition) is 0. The van der Waals surface area contributed by atoms with Gasteiger partial charge in [-0.15, -0.1) is 0 Å². The topological polar surface area (TPSA) is 47.5 Å². The Kier molecular flexibility index (Phi) is 6.41. The van der Waals surface area contributed by atoms with Crippen LogP contribution in [0, 0.1) is 0 Å². The number of alkyl halides is 3. The zero-order valence-corrected chi connectivity index (χ0v) is 17.0. The monoisotopic (exact) mass is 397 g/mol. The van der Waals surface area contributed by atoms with Gasteiger partial charge in [-0.1, -0.05) is 13.0 Å². The molecule has 8 heteroatoms. The zero-order chi connectivity index (χ0) is 21.1. The summed E-state index contributed by atoms with van der Waals surface area (Å²) in [6, 6.07) is 6.74. The molecule has 1 unspecified atom stereocenters. The highest BCUT2D eigenvalue weighted by Gasteiger charge is 2.37. The van der Waals surface area contributed by atoms with Crippen LogP contribution in [0.1, 0.15) is 46.6 Å². The Morgan fingerprint density at radius 1 is 1.18 bits per heavy atom. The molecular weight excluding hydrogens is 371 g/mol. The molecule has 0 aliphatic carbocycles. The lowest BCUT2D eigenvalue weighted by Crippen LogP contribution is -2.23. The fraction of sp³-hybridized carbons (Fsp3) is 0.500.